The van der Waals surface area contributed by atoms with E-state index in [1.165, 1.54) is 21.2 Å². The first-order chi connectivity index (χ1) is 9.52. The molecule has 0 saturated heterocycles. The van der Waals surface area contributed by atoms with E-state index in [1.54, 1.807) is 0 Å². The summed E-state index contributed by atoms with van der Waals surface area (Å²) < 4.78 is 3.36. The lowest BCUT2D eigenvalue weighted by Crippen LogP contribution is -2.17. The van der Waals surface area contributed by atoms with Crippen LogP contribution in [0, 0.1) is 13.8 Å². The molecule has 0 aliphatic carbocycles. The van der Waals surface area contributed by atoms with E-state index >= 15 is 0 Å². The number of hydrogen-bond donors (Lipinski definition) is 1. The molecule has 1 heterocycles. The van der Waals surface area contributed by atoms with Crippen molar-refractivity contribution in [3.63, 3.8) is 0 Å². The van der Waals surface area contributed by atoms with E-state index in [-0.39, 0.29) is 6.04 Å². The van der Waals surface area contributed by atoms with Crippen LogP contribution in [-0.4, -0.2) is 9.55 Å². The first-order valence-corrected chi connectivity index (χ1v) is 7.84. The van der Waals surface area contributed by atoms with Crippen LogP contribution in [0.15, 0.2) is 29.0 Å². The summed E-state index contributed by atoms with van der Waals surface area (Å²) in [5.41, 5.74) is 10.0. The molecule has 0 spiro atoms. The number of benzene rings is 1. The molecule has 1 unspecified atom stereocenters. The second-order valence-electron chi connectivity index (χ2n) is 5.32. The maximum Gasteiger partial charge on any atom is 0.110 e. The summed E-state index contributed by atoms with van der Waals surface area (Å²) >= 11 is 3.60. The molecular weight excluding hydrogens is 314 g/mol. The quantitative estimate of drug-likeness (QED) is 0.899. The van der Waals surface area contributed by atoms with Crippen LogP contribution < -0.4 is 5.73 Å². The zero-order valence-corrected chi connectivity index (χ0v) is 13.9. The van der Waals surface area contributed by atoms with Crippen molar-refractivity contribution in [2.24, 2.45) is 5.73 Å². The Hall–Kier alpha value is -1.13. The van der Waals surface area contributed by atoms with Gasteiger partial charge in [-0.25, -0.2) is 4.98 Å². The number of halogens is 1. The van der Waals surface area contributed by atoms with Crippen LogP contribution >= 0.6 is 15.9 Å². The number of nitrogens with two attached hydrogens (primary N) is 1. The predicted octanol–water partition coefficient (Wildman–Crippen LogP) is 3.91. The fraction of sp³-hybridized carbons (Fsp3) is 0.438. The Labute approximate surface area is 129 Å². The maximum atomic E-state index is 6.37. The number of rotatable bonds is 5. The van der Waals surface area contributed by atoms with Gasteiger partial charge in [0.2, 0.25) is 0 Å². The molecule has 4 heteroatoms. The lowest BCUT2D eigenvalue weighted by molar-refractivity contribution is 0.598. The van der Waals surface area contributed by atoms with Crippen molar-refractivity contribution >= 4 is 15.9 Å². The Bertz CT molecular complexity index is 566. The van der Waals surface area contributed by atoms with Crippen molar-refractivity contribution in [3.05, 3.63) is 51.5 Å². The van der Waals surface area contributed by atoms with Crippen molar-refractivity contribution in [1.82, 2.24) is 9.55 Å². The molecule has 1 atom stereocenters. The first-order valence-electron chi connectivity index (χ1n) is 7.05. The Morgan fingerprint density at radius 1 is 1.30 bits per heavy atom. The van der Waals surface area contributed by atoms with Gasteiger partial charge in [-0.05, 0) is 37.0 Å². The van der Waals surface area contributed by atoms with Gasteiger partial charge in [-0.2, -0.15) is 0 Å². The maximum absolute atomic E-state index is 6.37. The second-order valence-corrected chi connectivity index (χ2v) is 6.11. The molecular formula is C16H22BrN3. The van der Waals surface area contributed by atoms with Crippen LogP contribution in [0.3, 0.4) is 0 Å². The Balaban J connectivity index is 2.19. The number of aromatic nitrogens is 2. The van der Waals surface area contributed by atoms with E-state index in [1.807, 2.05) is 12.4 Å². The normalized spacial score (nSPS) is 12.7. The third-order valence-electron chi connectivity index (χ3n) is 3.56. The van der Waals surface area contributed by atoms with Crippen molar-refractivity contribution in [3.8, 4) is 0 Å². The highest BCUT2D eigenvalue weighted by atomic mass is 79.9. The highest BCUT2D eigenvalue weighted by Gasteiger charge is 2.13. The van der Waals surface area contributed by atoms with Gasteiger partial charge in [0.05, 0.1) is 0 Å². The van der Waals surface area contributed by atoms with Crippen molar-refractivity contribution in [2.45, 2.75) is 46.2 Å². The van der Waals surface area contributed by atoms with Crippen molar-refractivity contribution in [1.29, 1.82) is 0 Å². The Morgan fingerprint density at radius 2 is 1.95 bits per heavy atom. The van der Waals surface area contributed by atoms with Crippen LogP contribution in [0.2, 0.25) is 0 Å². The molecule has 2 aromatic rings. The topological polar surface area (TPSA) is 43.8 Å². The molecule has 2 N–H and O–H groups in total. The third kappa shape index (κ3) is 3.30. The smallest absolute Gasteiger partial charge is 0.110 e. The molecule has 0 radical (unpaired) electrons. The van der Waals surface area contributed by atoms with Crippen LogP contribution in [0.5, 0.6) is 0 Å². The standard InChI is InChI=1S/C16H22BrN3/c1-4-6-20-7-5-19-15(20)10-14(18)13-8-11(2)16(17)12(3)9-13/h5,7-9,14H,4,6,10,18H2,1-3H3. The van der Waals surface area contributed by atoms with Gasteiger partial charge >= 0.3 is 0 Å². The van der Waals surface area contributed by atoms with Gasteiger partial charge < -0.3 is 10.3 Å². The highest BCUT2D eigenvalue weighted by molar-refractivity contribution is 9.10. The van der Waals surface area contributed by atoms with E-state index in [9.17, 15) is 0 Å². The molecule has 0 amide bonds. The molecule has 0 aliphatic heterocycles. The summed E-state index contributed by atoms with van der Waals surface area (Å²) in [6.07, 6.45) is 5.77. The third-order valence-corrected chi connectivity index (χ3v) is 4.81. The minimum atomic E-state index is -0.0153. The number of aryl methyl sites for hydroxylation is 3. The number of imidazole rings is 1. The van der Waals surface area contributed by atoms with Crippen molar-refractivity contribution < 1.29 is 0 Å². The lowest BCUT2D eigenvalue weighted by atomic mass is 9.99. The molecule has 0 fully saturated rings. The van der Waals surface area contributed by atoms with Gasteiger partial charge in [0, 0.05) is 35.9 Å². The van der Waals surface area contributed by atoms with Gasteiger partial charge in [-0.15, -0.1) is 0 Å². The van der Waals surface area contributed by atoms with E-state index in [0.717, 1.165) is 25.2 Å². The minimum absolute atomic E-state index is 0.0153. The monoisotopic (exact) mass is 335 g/mol. The lowest BCUT2D eigenvalue weighted by Gasteiger charge is -2.16. The van der Waals surface area contributed by atoms with E-state index in [0.29, 0.717) is 0 Å². The molecule has 1 aromatic heterocycles. The molecule has 1 aromatic carbocycles. The van der Waals surface area contributed by atoms with E-state index in [2.05, 4.69) is 58.4 Å². The van der Waals surface area contributed by atoms with Gasteiger partial charge in [-0.1, -0.05) is 35.0 Å². The van der Waals surface area contributed by atoms with Crippen LogP contribution in [-0.2, 0) is 13.0 Å². The van der Waals surface area contributed by atoms with Crippen LogP contribution in [0.1, 0.15) is 41.9 Å². The summed E-state index contributed by atoms with van der Waals surface area (Å²) in [6.45, 7) is 7.38. The molecule has 0 bridgehead atoms. The predicted molar refractivity (Wildman–Crippen MR) is 86.8 cm³/mol. The molecule has 0 saturated carbocycles. The number of hydrogen-bond acceptors (Lipinski definition) is 2. The first kappa shape index (κ1) is 15.3. The van der Waals surface area contributed by atoms with Gasteiger partial charge in [0.25, 0.3) is 0 Å². The SMILES string of the molecule is CCCn1ccnc1CC(N)c1cc(C)c(Br)c(C)c1. The van der Waals surface area contributed by atoms with Crippen molar-refractivity contribution in [2.75, 3.05) is 0 Å². The zero-order chi connectivity index (χ0) is 14.7. The second kappa shape index (κ2) is 6.55. The summed E-state index contributed by atoms with van der Waals surface area (Å²) in [5.74, 6) is 1.07. The molecule has 20 heavy (non-hydrogen) atoms. The average molecular weight is 336 g/mol. The fourth-order valence-electron chi connectivity index (χ4n) is 2.48. The molecule has 0 aliphatic rings. The highest BCUT2D eigenvalue weighted by Crippen LogP contribution is 2.26. The Kier molecular flexibility index (Phi) is 5.00. The Morgan fingerprint density at radius 3 is 2.55 bits per heavy atom. The fourth-order valence-corrected chi connectivity index (χ4v) is 2.71. The van der Waals surface area contributed by atoms with E-state index < -0.39 is 0 Å². The van der Waals surface area contributed by atoms with Gasteiger partial charge in [0.15, 0.2) is 0 Å². The molecule has 108 valence electrons. The van der Waals surface area contributed by atoms with E-state index in [4.69, 9.17) is 5.73 Å². The summed E-state index contributed by atoms with van der Waals surface area (Å²) in [4.78, 5) is 4.44. The van der Waals surface area contributed by atoms with Crippen LogP contribution in [0.25, 0.3) is 0 Å². The summed E-state index contributed by atoms with van der Waals surface area (Å²) in [7, 11) is 0. The number of nitrogens with zero attached hydrogens (tertiary/aromatic N) is 2. The largest absolute Gasteiger partial charge is 0.335 e. The van der Waals surface area contributed by atoms with Gasteiger partial charge in [-0.3, -0.25) is 0 Å². The molecule has 2 rings (SSSR count). The zero-order valence-electron chi connectivity index (χ0n) is 12.4. The average Bonchev–Trinajstić information content (AvgIpc) is 2.83. The molecule has 3 nitrogen and oxygen atoms in total. The summed E-state index contributed by atoms with van der Waals surface area (Å²) in [6, 6.07) is 4.31. The van der Waals surface area contributed by atoms with Gasteiger partial charge in [0.1, 0.15) is 5.82 Å². The summed E-state index contributed by atoms with van der Waals surface area (Å²) in [5, 5.41) is 0. The minimum Gasteiger partial charge on any atom is -0.335 e. The van der Waals surface area contributed by atoms with Crippen LogP contribution in [0.4, 0.5) is 0 Å².